The molecule has 31 heavy (non-hydrogen) atoms. The fourth-order valence-corrected chi connectivity index (χ4v) is 5.14. The molecule has 2 N–H and O–H groups in total. The van der Waals surface area contributed by atoms with Crippen molar-refractivity contribution in [2.45, 2.75) is 47.5 Å². The summed E-state index contributed by atoms with van der Waals surface area (Å²) in [5.41, 5.74) is 2.76. The Labute approximate surface area is 186 Å². The number of hydrogen-bond acceptors (Lipinski definition) is 5. The second-order valence-corrected chi connectivity index (χ2v) is 10.4. The third-order valence-electron chi connectivity index (χ3n) is 4.86. The highest BCUT2D eigenvalue weighted by atomic mass is 32.2. The number of aryl methyl sites for hydroxylation is 2. The van der Waals surface area contributed by atoms with E-state index in [4.69, 9.17) is 0 Å². The Morgan fingerprint density at radius 3 is 2.39 bits per heavy atom. The van der Waals surface area contributed by atoms with Crippen molar-refractivity contribution in [2.75, 3.05) is 4.72 Å². The first-order valence-corrected chi connectivity index (χ1v) is 12.2. The van der Waals surface area contributed by atoms with Crippen LogP contribution in [-0.4, -0.2) is 25.4 Å². The second-order valence-electron chi connectivity index (χ2n) is 7.63. The Hall–Kier alpha value is -2.84. The standard InChI is InChI=1S/C23H23N3O3S2/c1-15-3-11-21(16(2)13-15)31(28,29)26-19-7-9-20(10-8-19)30-22-12-4-17(14-24-22)23(27)25-18-5-6-18/h3-4,7-14,18,26H,5-6H2,1-2H3,(H,25,27). The summed E-state index contributed by atoms with van der Waals surface area (Å²) in [5, 5.41) is 3.70. The Bertz CT molecular complexity index is 1200. The van der Waals surface area contributed by atoms with Crippen LogP contribution in [0.2, 0.25) is 0 Å². The predicted octanol–water partition coefficient (Wildman–Crippen LogP) is 4.54. The number of anilines is 1. The average Bonchev–Trinajstić information content (AvgIpc) is 3.53. The zero-order valence-electron chi connectivity index (χ0n) is 17.3. The molecule has 3 aromatic rings. The van der Waals surface area contributed by atoms with Crippen molar-refractivity contribution in [1.82, 2.24) is 10.3 Å². The Kier molecular flexibility index (Phi) is 6.02. The van der Waals surface area contributed by atoms with Gasteiger partial charge in [-0.2, -0.15) is 0 Å². The lowest BCUT2D eigenvalue weighted by molar-refractivity contribution is 0.0950. The first-order valence-electron chi connectivity index (χ1n) is 9.95. The number of sulfonamides is 1. The van der Waals surface area contributed by atoms with Crippen molar-refractivity contribution in [2.24, 2.45) is 0 Å². The van der Waals surface area contributed by atoms with Gasteiger partial charge in [-0.05, 0) is 74.7 Å². The summed E-state index contributed by atoms with van der Waals surface area (Å²) in [4.78, 5) is 17.6. The number of pyridine rings is 1. The highest BCUT2D eigenvalue weighted by molar-refractivity contribution is 7.99. The Morgan fingerprint density at radius 2 is 1.77 bits per heavy atom. The van der Waals surface area contributed by atoms with E-state index < -0.39 is 10.0 Å². The van der Waals surface area contributed by atoms with Crippen LogP contribution in [0.4, 0.5) is 5.69 Å². The zero-order valence-corrected chi connectivity index (χ0v) is 18.9. The molecule has 1 saturated carbocycles. The van der Waals surface area contributed by atoms with E-state index in [1.165, 1.54) is 11.8 Å². The molecule has 1 aromatic heterocycles. The molecule has 0 aliphatic heterocycles. The lowest BCUT2D eigenvalue weighted by atomic mass is 10.2. The number of carbonyl (C=O) groups is 1. The highest BCUT2D eigenvalue weighted by Crippen LogP contribution is 2.28. The van der Waals surface area contributed by atoms with Gasteiger partial charge in [0.25, 0.3) is 15.9 Å². The number of nitrogens with zero attached hydrogens (tertiary/aromatic N) is 1. The number of rotatable bonds is 7. The normalized spacial score (nSPS) is 13.6. The summed E-state index contributed by atoms with van der Waals surface area (Å²) in [6.45, 7) is 3.72. The van der Waals surface area contributed by atoms with Gasteiger partial charge in [0.05, 0.1) is 10.5 Å². The average molecular weight is 454 g/mol. The van der Waals surface area contributed by atoms with Crippen molar-refractivity contribution in [3.8, 4) is 0 Å². The van der Waals surface area contributed by atoms with Crippen LogP contribution in [0.15, 0.2) is 75.6 Å². The maximum atomic E-state index is 12.7. The first kappa shape index (κ1) is 21.4. The monoisotopic (exact) mass is 453 g/mol. The maximum absolute atomic E-state index is 12.7. The number of carbonyl (C=O) groups excluding carboxylic acids is 1. The summed E-state index contributed by atoms with van der Waals surface area (Å²) in [6.07, 6.45) is 3.67. The third kappa shape index (κ3) is 5.45. The summed E-state index contributed by atoms with van der Waals surface area (Å²) in [7, 11) is -3.66. The van der Waals surface area contributed by atoms with Gasteiger partial charge in [0.15, 0.2) is 0 Å². The van der Waals surface area contributed by atoms with Crippen molar-refractivity contribution in [3.63, 3.8) is 0 Å². The van der Waals surface area contributed by atoms with Crippen LogP contribution in [0.1, 0.15) is 34.3 Å². The van der Waals surface area contributed by atoms with Gasteiger partial charge in [0.1, 0.15) is 5.03 Å². The number of nitrogens with one attached hydrogen (secondary N) is 2. The largest absolute Gasteiger partial charge is 0.349 e. The van der Waals surface area contributed by atoms with E-state index in [0.29, 0.717) is 22.9 Å². The van der Waals surface area contributed by atoms with Crippen LogP contribution >= 0.6 is 11.8 Å². The molecule has 4 rings (SSSR count). The third-order valence-corrected chi connectivity index (χ3v) is 7.36. The molecule has 1 aliphatic carbocycles. The fraction of sp³-hybridized carbons (Fsp3) is 0.217. The van der Waals surface area contributed by atoms with Crippen LogP contribution in [0.25, 0.3) is 0 Å². The number of benzene rings is 2. The van der Waals surface area contributed by atoms with Crippen LogP contribution in [0.3, 0.4) is 0 Å². The van der Waals surface area contributed by atoms with E-state index >= 15 is 0 Å². The predicted molar refractivity (Wildman–Crippen MR) is 122 cm³/mol. The Balaban J connectivity index is 1.40. The SMILES string of the molecule is Cc1ccc(S(=O)(=O)Nc2ccc(Sc3ccc(C(=O)NC4CC4)cn3)cc2)c(C)c1. The van der Waals surface area contributed by atoms with Gasteiger partial charge < -0.3 is 5.32 Å². The van der Waals surface area contributed by atoms with E-state index in [0.717, 1.165) is 28.3 Å². The lowest BCUT2D eigenvalue weighted by Gasteiger charge is -2.11. The summed E-state index contributed by atoms with van der Waals surface area (Å²) in [5.74, 6) is -0.0907. The maximum Gasteiger partial charge on any atom is 0.262 e. The molecule has 2 aromatic carbocycles. The minimum atomic E-state index is -3.66. The minimum absolute atomic E-state index is 0.0907. The molecule has 1 fully saturated rings. The van der Waals surface area contributed by atoms with Gasteiger partial charge in [-0.3, -0.25) is 9.52 Å². The summed E-state index contributed by atoms with van der Waals surface area (Å²) in [6, 6.07) is 16.3. The van der Waals surface area contributed by atoms with Gasteiger partial charge in [0.2, 0.25) is 0 Å². The van der Waals surface area contributed by atoms with Crippen molar-refractivity contribution >= 4 is 33.4 Å². The molecule has 1 heterocycles. The number of amides is 1. The van der Waals surface area contributed by atoms with Crippen LogP contribution in [-0.2, 0) is 10.0 Å². The van der Waals surface area contributed by atoms with Gasteiger partial charge in [-0.15, -0.1) is 0 Å². The smallest absolute Gasteiger partial charge is 0.262 e. The minimum Gasteiger partial charge on any atom is -0.349 e. The molecule has 0 radical (unpaired) electrons. The van der Waals surface area contributed by atoms with Gasteiger partial charge in [-0.1, -0.05) is 29.5 Å². The van der Waals surface area contributed by atoms with Crippen molar-refractivity contribution in [1.29, 1.82) is 0 Å². The molecular formula is C23H23N3O3S2. The molecule has 0 unspecified atom stereocenters. The fourth-order valence-electron chi connectivity index (χ4n) is 3.09. The van der Waals surface area contributed by atoms with Crippen LogP contribution < -0.4 is 10.0 Å². The molecule has 160 valence electrons. The molecule has 1 amide bonds. The molecule has 1 aliphatic rings. The molecule has 0 saturated heterocycles. The molecule has 0 atom stereocenters. The van der Waals surface area contributed by atoms with Gasteiger partial charge >= 0.3 is 0 Å². The van der Waals surface area contributed by atoms with E-state index in [1.807, 2.05) is 31.2 Å². The van der Waals surface area contributed by atoms with E-state index in [-0.39, 0.29) is 10.8 Å². The van der Waals surface area contributed by atoms with Crippen molar-refractivity contribution < 1.29 is 13.2 Å². The summed E-state index contributed by atoms with van der Waals surface area (Å²) < 4.78 is 28.0. The molecule has 8 heteroatoms. The van der Waals surface area contributed by atoms with E-state index in [9.17, 15) is 13.2 Å². The van der Waals surface area contributed by atoms with Crippen LogP contribution in [0, 0.1) is 13.8 Å². The number of aromatic nitrogens is 1. The molecule has 0 spiro atoms. The number of hydrogen-bond donors (Lipinski definition) is 2. The lowest BCUT2D eigenvalue weighted by Crippen LogP contribution is -2.25. The molecule has 0 bridgehead atoms. The van der Waals surface area contributed by atoms with Gasteiger partial charge in [0, 0.05) is 22.8 Å². The Morgan fingerprint density at radius 1 is 1.03 bits per heavy atom. The highest BCUT2D eigenvalue weighted by Gasteiger charge is 2.23. The van der Waals surface area contributed by atoms with Crippen molar-refractivity contribution in [3.05, 3.63) is 77.5 Å². The molecule has 6 nitrogen and oxygen atoms in total. The van der Waals surface area contributed by atoms with Crippen LogP contribution in [0.5, 0.6) is 0 Å². The summed E-state index contributed by atoms with van der Waals surface area (Å²) >= 11 is 1.44. The quantitative estimate of drug-likeness (QED) is 0.548. The second kappa shape index (κ2) is 8.72. The topological polar surface area (TPSA) is 88.2 Å². The first-order chi connectivity index (χ1) is 14.8. The van der Waals surface area contributed by atoms with E-state index in [1.54, 1.807) is 43.5 Å². The van der Waals surface area contributed by atoms with Gasteiger partial charge in [-0.25, -0.2) is 13.4 Å². The van der Waals surface area contributed by atoms with E-state index in [2.05, 4.69) is 15.0 Å². The molecular weight excluding hydrogens is 430 g/mol. The zero-order chi connectivity index (χ0) is 22.0.